The van der Waals surface area contributed by atoms with E-state index < -0.39 is 6.10 Å². The van der Waals surface area contributed by atoms with Crippen LogP contribution in [-0.4, -0.2) is 37.5 Å². The van der Waals surface area contributed by atoms with E-state index in [-0.39, 0.29) is 6.61 Å². The van der Waals surface area contributed by atoms with Crippen LogP contribution in [0.5, 0.6) is 5.75 Å². The average molecular weight is 333 g/mol. The number of aliphatic hydroxyl groups is 1. The largest absolute Gasteiger partial charge is 0.488 e. The summed E-state index contributed by atoms with van der Waals surface area (Å²) in [4.78, 5) is 1.47. The number of ether oxygens (including phenoxy) is 1. The van der Waals surface area contributed by atoms with Gasteiger partial charge in [0.1, 0.15) is 19.3 Å². The van der Waals surface area contributed by atoms with E-state index in [1.165, 1.54) is 37.0 Å². The minimum absolute atomic E-state index is 0.229. The molecule has 0 amide bonds. The first-order valence-corrected chi connectivity index (χ1v) is 8.51. The fourth-order valence-corrected chi connectivity index (χ4v) is 3.31. The van der Waals surface area contributed by atoms with Crippen LogP contribution in [0.25, 0.3) is 0 Å². The van der Waals surface area contributed by atoms with Gasteiger partial charge in [0, 0.05) is 0 Å². The molecular weight excluding hydrogens is 309 g/mol. The van der Waals surface area contributed by atoms with Crippen molar-refractivity contribution in [3.05, 3.63) is 28.2 Å². The van der Waals surface area contributed by atoms with Gasteiger partial charge in [-0.05, 0) is 37.8 Å². The first-order chi connectivity index (χ1) is 10.2. The average Bonchev–Trinajstić information content (AvgIpc) is 2.41. The maximum Gasteiger partial charge on any atom is 0.156 e. The lowest BCUT2D eigenvalue weighted by atomic mass is 10.1. The first-order valence-electron chi connectivity index (χ1n) is 7.75. The van der Waals surface area contributed by atoms with Crippen molar-refractivity contribution < 1.29 is 14.7 Å². The van der Waals surface area contributed by atoms with E-state index in [0.29, 0.717) is 15.8 Å². The number of nitrogens with one attached hydrogen (secondary N) is 1. The lowest BCUT2D eigenvalue weighted by molar-refractivity contribution is -0.904. The van der Waals surface area contributed by atoms with E-state index in [1.807, 2.05) is 0 Å². The smallest absolute Gasteiger partial charge is 0.156 e. The number of benzene rings is 1. The van der Waals surface area contributed by atoms with Crippen LogP contribution in [-0.2, 0) is 0 Å². The molecule has 0 spiro atoms. The Bertz CT molecular complexity index is 414. The third-order valence-electron chi connectivity index (χ3n) is 3.92. The maximum atomic E-state index is 10.2. The van der Waals surface area contributed by atoms with Crippen molar-refractivity contribution in [1.82, 2.24) is 0 Å². The topological polar surface area (TPSA) is 33.9 Å². The zero-order valence-electron chi connectivity index (χ0n) is 12.3. The standard InChI is InChI=1S/C16H23Cl2NO2/c17-14-7-6-8-15(18)16(14)21-12-13(20)11-19-9-4-2-1-3-5-10-19/h6-8,13,20H,1-5,9-12H2/p+1/t13-/m1/s1. The third-order valence-corrected chi connectivity index (χ3v) is 4.52. The normalized spacial score (nSPS) is 18.8. The van der Waals surface area contributed by atoms with Gasteiger partial charge < -0.3 is 14.7 Å². The van der Waals surface area contributed by atoms with Crippen LogP contribution in [0.15, 0.2) is 18.2 Å². The minimum Gasteiger partial charge on any atom is -0.488 e. The van der Waals surface area contributed by atoms with Gasteiger partial charge in [-0.2, -0.15) is 0 Å². The van der Waals surface area contributed by atoms with Crippen LogP contribution >= 0.6 is 23.2 Å². The number of likely N-dealkylation sites (tertiary alicyclic amines) is 1. The summed E-state index contributed by atoms with van der Waals surface area (Å²) in [7, 11) is 0. The molecule has 0 aliphatic carbocycles. The molecule has 0 radical (unpaired) electrons. The van der Waals surface area contributed by atoms with Crippen molar-refractivity contribution in [2.75, 3.05) is 26.2 Å². The van der Waals surface area contributed by atoms with Gasteiger partial charge in [0.25, 0.3) is 0 Å². The highest BCUT2D eigenvalue weighted by Gasteiger charge is 2.18. The third kappa shape index (κ3) is 5.67. The Hall–Kier alpha value is -0.480. The van der Waals surface area contributed by atoms with Crippen molar-refractivity contribution in [2.45, 2.75) is 38.2 Å². The van der Waals surface area contributed by atoms with Crippen molar-refractivity contribution in [3.63, 3.8) is 0 Å². The van der Waals surface area contributed by atoms with Crippen LogP contribution in [0.2, 0.25) is 10.0 Å². The summed E-state index contributed by atoms with van der Waals surface area (Å²) >= 11 is 12.1. The zero-order chi connectivity index (χ0) is 15.1. The second-order valence-corrected chi connectivity index (χ2v) is 6.55. The fraction of sp³-hybridized carbons (Fsp3) is 0.625. The Morgan fingerprint density at radius 3 is 2.24 bits per heavy atom. The van der Waals surface area contributed by atoms with Gasteiger partial charge >= 0.3 is 0 Å². The van der Waals surface area contributed by atoms with E-state index in [4.69, 9.17) is 27.9 Å². The number of halogens is 2. The Morgan fingerprint density at radius 2 is 1.62 bits per heavy atom. The summed E-state index contributed by atoms with van der Waals surface area (Å²) in [5.74, 6) is 0.461. The highest BCUT2D eigenvalue weighted by atomic mass is 35.5. The van der Waals surface area contributed by atoms with E-state index in [9.17, 15) is 5.11 Å². The predicted octanol–water partition coefficient (Wildman–Crippen LogP) is 2.58. The molecule has 1 heterocycles. The van der Waals surface area contributed by atoms with Crippen LogP contribution in [0, 0.1) is 0 Å². The zero-order valence-corrected chi connectivity index (χ0v) is 13.8. The number of rotatable bonds is 5. The molecule has 1 saturated heterocycles. The van der Waals surface area contributed by atoms with Crippen LogP contribution < -0.4 is 9.64 Å². The van der Waals surface area contributed by atoms with Crippen LogP contribution in [0.1, 0.15) is 32.1 Å². The second kappa shape index (κ2) is 8.84. The van der Waals surface area contributed by atoms with Crippen molar-refractivity contribution in [3.8, 4) is 5.75 Å². The Balaban J connectivity index is 1.79. The number of quaternary nitrogens is 1. The lowest BCUT2D eigenvalue weighted by Gasteiger charge is -2.24. The molecule has 2 rings (SSSR count). The lowest BCUT2D eigenvalue weighted by Crippen LogP contribution is -3.13. The molecule has 0 aromatic heterocycles. The van der Waals surface area contributed by atoms with E-state index in [0.717, 1.165) is 19.6 Å². The molecule has 1 aromatic rings. The molecule has 1 aromatic carbocycles. The van der Waals surface area contributed by atoms with E-state index >= 15 is 0 Å². The van der Waals surface area contributed by atoms with Gasteiger partial charge in [0.15, 0.2) is 5.75 Å². The molecule has 2 N–H and O–H groups in total. The summed E-state index contributed by atoms with van der Waals surface area (Å²) < 4.78 is 5.60. The molecule has 1 fully saturated rings. The van der Waals surface area contributed by atoms with Gasteiger partial charge in [0.05, 0.1) is 23.1 Å². The van der Waals surface area contributed by atoms with E-state index in [2.05, 4.69) is 0 Å². The first kappa shape index (κ1) is 16.9. The Kier molecular flexibility index (Phi) is 7.11. The van der Waals surface area contributed by atoms with Gasteiger partial charge in [-0.25, -0.2) is 0 Å². The van der Waals surface area contributed by atoms with E-state index in [1.54, 1.807) is 18.2 Å². The molecule has 1 aliphatic rings. The Labute approximate surface area is 136 Å². The molecule has 0 saturated carbocycles. The van der Waals surface area contributed by atoms with Crippen molar-refractivity contribution >= 4 is 23.2 Å². The molecular formula is C16H24Cl2NO2+. The summed E-state index contributed by atoms with van der Waals surface area (Å²) in [5, 5.41) is 11.1. The quantitative estimate of drug-likeness (QED) is 0.868. The van der Waals surface area contributed by atoms with Gasteiger partial charge in [0.2, 0.25) is 0 Å². The molecule has 0 bridgehead atoms. The maximum absolute atomic E-state index is 10.2. The molecule has 5 heteroatoms. The molecule has 0 unspecified atom stereocenters. The molecule has 21 heavy (non-hydrogen) atoms. The second-order valence-electron chi connectivity index (χ2n) is 5.74. The summed E-state index contributed by atoms with van der Waals surface area (Å²) in [6, 6.07) is 5.25. The molecule has 1 atom stereocenters. The fourth-order valence-electron chi connectivity index (χ4n) is 2.80. The van der Waals surface area contributed by atoms with Crippen molar-refractivity contribution in [1.29, 1.82) is 0 Å². The molecule has 1 aliphatic heterocycles. The minimum atomic E-state index is -0.494. The number of aliphatic hydroxyl groups excluding tert-OH is 1. The molecule has 118 valence electrons. The summed E-state index contributed by atoms with van der Waals surface area (Å²) in [6.45, 7) is 3.24. The monoisotopic (exact) mass is 332 g/mol. The number of hydrogen-bond acceptors (Lipinski definition) is 2. The van der Waals surface area contributed by atoms with Gasteiger partial charge in [-0.3, -0.25) is 0 Å². The Morgan fingerprint density at radius 1 is 1.05 bits per heavy atom. The van der Waals surface area contributed by atoms with Crippen molar-refractivity contribution in [2.24, 2.45) is 0 Å². The number of para-hydroxylation sites is 1. The highest BCUT2D eigenvalue weighted by molar-refractivity contribution is 6.37. The van der Waals surface area contributed by atoms with Gasteiger partial charge in [-0.15, -0.1) is 0 Å². The van der Waals surface area contributed by atoms with Gasteiger partial charge in [-0.1, -0.05) is 35.7 Å². The summed E-state index contributed by atoms with van der Waals surface area (Å²) in [6.07, 6.45) is 5.98. The SMILES string of the molecule is O[C@@H](COc1c(Cl)cccc1Cl)C[NH+]1CCCCCCC1. The predicted molar refractivity (Wildman–Crippen MR) is 86.6 cm³/mol. The summed E-state index contributed by atoms with van der Waals surface area (Å²) in [5.41, 5.74) is 0. The van der Waals surface area contributed by atoms with Crippen LogP contribution in [0.4, 0.5) is 0 Å². The number of hydrogen-bond donors (Lipinski definition) is 2. The molecule has 3 nitrogen and oxygen atoms in total. The highest BCUT2D eigenvalue weighted by Crippen LogP contribution is 2.32. The van der Waals surface area contributed by atoms with Crippen LogP contribution in [0.3, 0.4) is 0 Å².